The van der Waals surface area contributed by atoms with Crippen LogP contribution in [-0.4, -0.2) is 64.4 Å². The van der Waals surface area contributed by atoms with Crippen molar-refractivity contribution in [1.82, 2.24) is 24.8 Å². The van der Waals surface area contributed by atoms with Crippen LogP contribution in [0.5, 0.6) is 5.75 Å². The van der Waals surface area contributed by atoms with Gasteiger partial charge in [-0.1, -0.05) is 0 Å². The van der Waals surface area contributed by atoms with Crippen molar-refractivity contribution in [2.24, 2.45) is 11.8 Å². The van der Waals surface area contributed by atoms with Crippen molar-refractivity contribution < 1.29 is 17.9 Å². The molecule has 0 atom stereocenters. The van der Waals surface area contributed by atoms with Gasteiger partial charge in [-0.2, -0.15) is 0 Å². The highest BCUT2D eigenvalue weighted by atomic mass is 19.4. The van der Waals surface area contributed by atoms with Gasteiger partial charge in [0.1, 0.15) is 23.2 Å². The van der Waals surface area contributed by atoms with Crippen molar-refractivity contribution in [2.75, 3.05) is 43.4 Å². The molecule has 11 heteroatoms. The van der Waals surface area contributed by atoms with Gasteiger partial charge in [0.15, 0.2) is 5.82 Å². The molecule has 0 aliphatic carbocycles. The lowest BCUT2D eigenvalue weighted by Crippen LogP contribution is -2.52. The van der Waals surface area contributed by atoms with Crippen LogP contribution in [0.3, 0.4) is 0 Å². The predicted molar refractivity (Wildman–Crippen MR) is 125 cm³/mol. The molecule has 0 bridgehead atoms. The summed E-state index contributed by atoms with van der Waals surface area (Å²) in [6, 6.07) is 7.79. The number of hydrogen-bond donors (Lipinski definition) is 1. The topological polar surface area (TPSA) is 79.3 Å². The zero-order chi connectivity index (χ0) is 24.4. The quantitative estimate of drug-likeness (QED) is 0.552. The minimum Gasteiger partial charge on any atom is -0.406 e. The number of nitrogens with one attached hydrogen (secondary N) is 1. The SMILES string of the molecule is CN1CCC(C2CN(c3cc(Nc4cc(OC(F)(F)F)ccn4)nc(-c4cccnc4)n3)C2)CC1. The molecule has 5 heterocycles. The molecule has 0 aromatic carbocycles. The lowest BCUT2D eigenvalue weighted by molar-refractivity contribution is -0.274. The molecule has 2 saturated heterocycles. The van der Waals surface area contributed by atoms with Crippen LogP contribution >= 0.6 is 0 Å². The molecule has 0 spiro atoms. The Balaban J connectivity index is 1.37. The monoisotopic (exact) mass is 485 g/mol. The first-order valence-electron chi connectivity index (χ1n) is 11.5. The summed E-state index contributed by atoms with van der Waals surface area (Å²) in [7, 11) is 2.17. The molecule has 0 amide bonds. The summed E-state index contributed by atoms with van der Waals surface area (Å²) < 4.78 is 41.9. The number of piperidine rings is 1. The molecule has 1 N–H and O–H groups in total. The summed E-state index contributed by atoms with van der Waals surface area (Å²) in [5, 5.41) is 3.00. The van der Waals surface area contributed by atoms with Gasteiger partial charge in [-0.15, -0.1) is 13.2 Å². The first kappa shape index (κ1) is 23.3. The number of halogens is 3. The Hall–Kier alpha value is -3.47. The van der Waals surface area contributed by atoms with Crippen molar-refractivity contribution >= 4 is 17.5 Å². The third-order valence-corrected chi connectivity index (χ3v) is 6.52. The molecule has 184 valence electrons. The minimum absolute atomic E-state index is 0.182. The number of likely N-dealkylation sites (tertiary alicyclic amines) is 1. The van der Waals surface area contributed by atoms with E-state index in [4.69, 9.17) is 4.98 Å². The number of rotatable bonds is 6. The van der Waals surface area contributed by atoms with E-state index in [0.717, 1.165) is 49.5 Å². The maximum Gasteiger partial charge on any atom is 0.573 e. The first-order valence-corrected chi connectivity index (χ1v) is 11.5. The van der Waals surface area contributed by atoms with Gasteiger partial charge in [-0.05, 0) is 63.0 Å². The van der Waals surface area contributed by atoms with Gasteiger partial charge in [0.05, 0.1) is 0 Å². The van der Waals surface area contributed by atoms with E-state index < -0.39 is 6.36 Å². The molecule has 3 aromatic rings. The molecule has 3 aromatic heterocycles. The van der Waals surface area contributed by atoms with Gasteiger partial charge in [-0.25, -0.2) is 15.0 Å². The molecule has 8 nitrogen and oxygen atoms in total. The molecule has 2 aliphatic heterocycles. The Bertz CT molecular complexity index is 1150. The molecule has 0 radical (unpaired) electrons. The minimum atomic E-state index is -4.78. The van der Waals surface area contributed by atoms with E-state index in [-0.39, 0.29) is 11.6 Å². The molecular formula is C24H26F3N7O. The van der Waals surface area contributed by atoms with E-state index in [1.54, 1.807) is 24.5 Å². The lowest BCUT2D eigenvalue weighted by Gasteiger charge is -2.46. The van der Waals surface area contributed by atoms with Gasteiger partial charge in [0.2, 0.25) is 0 Å². The highest BCUT2D eigenvalue weighted by molar-refractivity contribution is 5.64. The van der Waals surface area contributed by atoms with Crippen LogP contribution in [0.2, 0.25) is 0 Å². The highest BCUT2D eigenvalue weighted by Gasteiger charge is 2.36. The van der Waals surface area contributed by atoms with E-state index in [1.807, 2.05) is 6.07 Å². The van der Waals surface area contributed by atoms with Crippen LogP contribution in [-0.2, 0) is 0 Å². The first-order chi connectivity index (χ1) is 16.8. The van der Waals surface area contributed by atoms with Gasteiger partial charge >= 0.3 is 6.36 Å². The van der Waals surface area contributed by atoms with Crippen LogP contribution < -0.4 is 15.0 Å². The fourth-order valence-electron chi connectivity index (χ4n) is 4.59. The van der Waals surface area contributed by atoms with E-state index >= 15 is 0 Å². The van der Waals surface area contributed by atoms with Gasteiger partial charge < -0.3 is 19.9 Å². The third kappa shape index (κ3) is 5.79. The maximum atomic E-state index is 12.6. The summed E-state index contributed by atoms with van der Waals surface area (Å²) in [6.07, 6.45) is 2.24. The Morgan fingerprint density at radius 1 is 1.00 bits per heavy atom. The zero-order valence-electron chi connectivity index (χ0n) is 19.2. The smallest absolute Gasteiger partial charge is 0.406 e. The largest absolute Gasteiger partial charge is 0.573 e. The Labute approximate surface area is 201 Å². The van der Waals surface area contributed by atoms with E-state index in [0.29, 0.717) is 17.6 Å². The fourth-order valence-corrected chi connectivity index (χ4v) is 4.59. The molecule has 2 aliphatic rings. The van der Waals surface area contributed by atoms with Crippen molar-refractivity contribution in [2.45, 2.75) is 19.2 Å². The van der Waals surface area contributed by atoms with Crippen LogP contribution in [0.4, 0.5) is 30.6 Å². The number of alkyl halides is 3. The molecule has 2 fully saturated rings. The van der Waals surface area contributed by atoms with Crippen molar-refractivity contribution in [3.8, 4) is 17.1 Å². The second-order valence-electron chi connectivity index (χ2n) is 9.03. The van der Waals surface area contributed by atoms with Crippen LogP contribution in [0.15, 0.2) is 48.9 Å². The average Bonchev–Trinajstić information content (AvgIpc) is 2.79. The average molecular weight is 486 g/mol. The summed E-state index contributed by atoms with van der Waals surface area (Å²) >= 11 is 0. The number of pyridine rings is 2. The Morgan fingerprint density at radius 3 is 2.51 bits per heavy atom. The highest BCUT2D eigenvalue weighted by Crippen LogP contribution is 2.35. The third-order valence-electron chi connectivity index (χ3n) is 6.52. The fraction of sp³-hybridized carbons (Fsp3) is 0.417. The van der Waals surface area contributed by atoms with E-state index in [1.165, 1.54) is 25.1 Å². The number of nitrogens with zero attached hydrogens (tertiary/aromatic N) is 6. The summed E-state index contributed by atoms with van der Waals surface area (Å²) in [4.78, 5) is 22.2. The summed E-state index contributed by atoms with van der Waals surface area (Å²) in [5.41, 5.74) is 0.743. The van der Waals surface area contributed by atoms with Crippen molar-refractivity contribution in [3.63, 3.8) is 0 Å². The molecule has 0 saturated carbocycles. The zero-order valence-corrected chi connectivity index (χ0v) is 19.2. The normalized spacial score (nSPS) is 17.8. The molecule has 0 unspecified atom stereocenters. The standard InChI is InChI=1S/C24H26F3N7O/c1-33-9-5-16(6-10-33)18-14-34(15-18)22-12-21(31-23(32-22)17-3-2-7-28-13-17)30-20-11-19(4-8-29-20)35-24(25,26)27/h2-4,7-8,11-13,16,18H,5-6,9-10,14-15H2,1H3,(H,29,30,31,32). The molecular weight excluding hydrogens is 459 g/mol. The van der Waals surface area contributed by atoms with Gasteiger partial charge in [0.25, 0.3) is 0 Å². The van der Waals surface area contributed by atoms with E-state index in [2.05, 4.69) is 41.9 Å². The van der Waals surface area contributed by atoms with E-state index in [9.17, 15) is 13.2 Å². The van der Waals surface area contributed by atoms with Crippen LogP contribution in [0.1, 0.15) is 12.8 Å². The number of aromatic nitrogens is 4. The van der Waals surface area contributed by atoms with Crippen LogP contribution in [0.25, 0.3) is 11.4 Å². The predicted octanol–water partition coefficient (Wildman–Crippen LogP) is 4.35. The van der Waals surface area contributed by atoms with Crippen molar-refractivity contribution in [3.05, 3.63) is 48.9 Å². The van der Waals surface area contributed by atoms with Crippen molar-refractivity contribution in [1.29, 1.82) is 0 Å². The second kappa shape index (κ2) is 9.65. The summed E-state index contributed by atoms with van der Waals surface area (Å²) in [5.74, 6) is 2.84. The van der Waals surface area contributed by atoms with Gasteiger partial charge in [0, 0.05) is 49.4 Å². The summed E-state index contributed by atoms with van der Waals surface area (Å²) in [6.45, 7) is 4.12. The number of anilines is 3. The lowest BCUT2D eigenvalue weighted by atomic mass is 9.80. The number of hydrogen-bond acceptors (Lipinski definition) is 8. The Morgan fingerprint density at radius 2 is 1.80 bits per heavy atom. The van der Waals surface area contributed by atoms with Gasteiger partial charge in [-0.3, -0.25) is 4.98 Å². The second-order valence-corrected chi connectivity index (χ2v) is 9.03. The number of ether oxygens (including phenoxy) is 1. The molecule has 35 heavy (non-hydrogen) atoms. The maximum absolute atomic E-state index is 12.6. The van der Waals surface area contributed by atoms with Crippen LogP contribution in [0, 0.1) is 11.8 Å². The Kier molecular flexibility index (Phi) is 6.42. The molecule has 5 rings (SSSR count).